The summed E-state index contributed by atoms with van der Waals surface area (Å²) in [6.07, 6.45) is 4.08. The Labute approximate surface area is 237 Å². The highest BCUT2D eigenvalue weighted by Gasteiger charge is 2.53. The molecule has 1 aromatic carbocycles. The van der Waals surface area contributed by atoms with Crippen molar-refractivity contribution < 1.29 is 38.1 Å². The number of hydrogen-bond acceptors (Lipinski definition) is 8. The third-order valence-electron chi connectivity index (χ3n) is 7.81. The summed E-state index contributed by atoms with van der Waals surface area (Å²) in [4.78, 5) is 38.7. The van der Waals surface area contributed by atoms with Crippen molar-refractivity contribution in [2.75, 3.05) is 39.6 Å². The van der Waals surface area contributed by atoms with E-state index in [4.69, 9.17) is 23.7 Å². The van der Waals surface area contributed by atoms with Crippen molar-refractivity contribution >= 4 is 18.0 Å². The molecule has 2 saturated heterocycles. The SMILES string of the molecule is CCOC(=O)CCOc1ccccc1[C@H]1CC[C@@H](OCC2N(C(=O)OC(C)(C)C)CCC23COCC(=O)N3)CC1. The second-order valence-corrected chi connectivity index (χ2v) is 11.9. The van der Waals surface area contributed by atoms with Gasteiger partial charge in [0.25, 0.3) is 0 Å². The Kier molecular flexibility index (Phi) is 9.94. The van der Waals surface area contributed by atoms with E-state index in [0.717, 1.165) is 37.0 Å². The Bertz CT molecular complexity index is 1030. The number of carbonyl (C=O) groups excluding carboxylic acids is 3. The standard InChI is InChI=1S/C30H44N2O8/c1-5-37-27(34)14-17-38-24-9-7-6-8-23(24)21-10-12-22(13-11-21)39-18-25-30(20-36-19-26(33)31-30)15-16-32(25)28(35)40-29(2,3)4/h6-9,21-22,25H,5,10-20H2,1-4H3,(H,31,33)/t21-,22+,25?,30?. The van der Waals surface area contributed by atoms with Gasteiger partial charge in [0.05, 0.1) is 50.5 Å². The van der Waals surface area contributed by atoms with Gasteiger partial charge < -0.3 is 33.9 Å². The number of nitrogens with one attached hydrogen (secondary N) is 1. The van der Waals surface area contributed by atoms with E-state index in [1.807, 2.05) is 39.0 Å². The minimum Gasteiger partial charge on any atom is -0.493 e. The molecule has 3 fully saturated rings. The van der Waals surface area contributed by atoms with E-state index < -0.39 is 17.2 Å². The quantitative estimate of drug-likeness (QED) is 0.452. The van der Waals surface area contributed by atoms with Gasteiger partial charge in [-0.2, -0.15) is 0 Å². The Hall–Kier alpha value is -2.85. The highest BCUT2D eigenvalue weighted by Crippen LogP contribution is 2.39. The predicted octanol–water partition coefficient (Wildman–Crippen LogP) is 3.96. The molecule has 1 N–H and O–H groups in total. The van der Waals surface area contributed by atoms with Crippen LogP contribution in [0.2, 0.25) is 0 Å². The van der Waals surface area contributed by atoms with Gasteiger partial charge in [-0.1, -0.05) is 18.2 Å². The lowest BCUT2D eigenvalue weighted by Crippen LogP contribution is -2.65. The Morgan fingerprint density at radius 1 is 1.15 bits per heavy atom. The molecule has 1 aliphatic carbocycles. The van der Waals surface area contributed by atoms with Gasteiger partial charge in [0.15, 0.2) is 0 Å². The largest absolute Gasteiger partial charge is 0.493 e. The summed E-state index contributed by atoms with van der Waals surface area (Å²) in [5.41, 5.74) is -0.150. The van der Waals surface area contributed by atoms with Gasteiger partial charge in [0.1, 0.15) is 18.0 Å². The van der Waals surface area contributed by atoms with E-state index in [0.29, 0.717) is 38.7 Å². The molecule has 1 saturated carbocycles. The van der Waals surface area contributed by atoms with Crippen LogP contribution in [0, 0.1) is 0 Å². The number of ether oxygens (including phenoxy) is 5. The Morgan fingerprint density at radius 2 is 1.90 bits per heavy atom. The molecule has 2 heterocycles. The zero-order chi connectivity index (χ0) is 28.8. The molecule has 1 aromatic rings. The maximum absolute atomic E-state index is 13.1. The number of amides is 2. The van der Waals surface area contributed by atoms with Crippen LogP contribution < -0.4 is 10.1 Å². The highest BCUT2D eigenvalue weighted by atomic mass is 16.6. The molecule has 3 aliphatic rings. The first-order chi connectivity index (χ1) is 19.1. The molecule has 2 amide bonds. The van der Waals surface area contributed by atoms with Crippen LogP contribution in [0.4, 0.5) is 4.79 Å². The minimum atomic E-state index is -0.677. The molecule has 0 bridgehead atoms. The average molecular weight is 561 g/mol. The summed E-state index contributed by atoms with van der Waals surface area (Å²) in [7, 11) is 0. The van der Waals surface area contributed by atoms with E-state index in [1.165, 1.54) is 0 Å². The zero-order valence-corrected chi connectivity index (χ0v) is 24.2. The first-order valence-electron chi connectivity index (χ1n) is 14.5. The maximum atomic E-state index is 13.1. The van der Waals surface area contributed by atoms with Gasteiger partial charge in [-0.3, -0.25) is 9.59 Å². The van der Waals surface area contributed by atoms with Gasteiger partial charge in [0, 0.05) is 6.54 Å². The number of hydrogen-bond donors (Lipinski definition) is 1. The van der Waals surface area contributed by atoms with Gasteiger partial charge in [-0.25, -0.2) is 4.79 Å². The summed E-state index contributed by atoms with van der Waals surface area (Å²) in [5, 5.41) is 3.11. The van der Waals surface area contributed by atoms with E-state index in [-0.39, 0.29) is 43.7 Å². The number of esters is 1. The number of para-hydroxylation sites is 1. The van der Waals surface area contributed by atoms with Crippen LogP contribution >= 0.6 is 0 Å². The monoisotopic (exact) mass is 560 g/mol. The number of carbonyl (C=O) groups is 3. The molecule has 0 aromatic heterocycles. The summed E-state index contributed by atoms with van der Waals surface area (Å²) >= 11 is 0. The summed E-state index contributed by atoms with van der Waals surface area (Å²) in [5.74, 6) is 0.711. The van der Waals surface area contributed by atoms with Crippen LogP contribution in [0.15, 0.2) is 24.3 Å². The summed E-state index contributed by atoms with van der Waals surface area (Å²) in [6.45, 7) is 9.10. The lowest BCUT2D eigenvalue weighted by atomic mass is 9.82. The number of nitrogens with zero attached hydrogens (tertiary/aromatic N) is 1. The third-order valence-corrected chi connectivity index (χ3v) is 7.81. The normalized spacial score (nSPS) is 26.9. The van der Waals surface area contributed by atoms with Crippen LogP contribution in [0.25, 0.3) is 0 Å². The second kappa shape index (κ2) is 13.2. The van der Waals surface area contributed by atoms with Crippen molar-refractivity contribution in [1.82, 2.24) is 10.2 Å². The van der Waals surface area contributed by atoms with Crippen molar-refractivity contribution in [1.29, 1.82) is 0 Å². The maximum Gasteiger partial charge on any atom is 0.410 e. The highest BCUT2D eigenvalue weighted by molar-refractivity contribution is 5.79. The zero-order valence-electron chi connectivity index (χ0n) is 24.2. The molecule has 222 valence electrons. The molecule has 10 heteroatoms. The third kappa shape index (κ3) is 7.66. The van der Waals surface area contributed by atoms with E-state index in [9.17, 15) is 14.4 Å². The van der Waals surface area contributed by atoms with Crippen molar-refractivity contribution in [3.63, 3.8) is 0 Å². The average Bonchev–Trinajstić information content (AvgIpc) is 3.24. The van der Waals surface area contributed by atoms with Crippen LogP contribution in [-0.4, -0.2) is 85.7 Å². The van der Waals surface area contributed by atoms with Crippen LogP contribution in [0.5, 0.6) is 5.75 Å². The van der Waals surface area contributed by atoms with Crippen LogP contribution in [0.3, 0.4) is 0 Å². The molecular formula is C30H44N2O8. The van der Waals surface area contributed by atoms with E-state index >= 15 is 0 Å². The molecule has 2 unspecified atom stereocenters. The Morgan fingerprint density at radius 3 is 2.60 bits per heavy atom. The minimum absolute atomic E-state index is 0.0276. The van der Waals surface area contributed by atoms with Crippen LogP contribution in [-0.2, 0) is 28.5 Å². The van der Waals surface area contributed by atoms with Crippen molar-refractivity contribution in [2.45, 2.75) is 95.4 Å². The summed E-state index contributed by atoms with van der Waals surface area (Å²) in [6, 6.07) is 7.63. The topological polar surface area (TPSA) is 113 Å². The fraction of sp³-hybridized carbons (Fsp3) is 0.700. The van der Waals surface area contributed by atoms with Gasteiger partial charge >= 0.3 is 12.1 Å². The molecule has 2 aliphatic heterocycles. The number of rotatable bonds is 9. The van der Waals surface area contributed by atoms with Crippen molar-refractivity contribution in [2.24, 2.45) is 0 Å². The molecule has 4 rings (SSSR count). The number of morpholine rings is 1. The van der Waals surface area contributed by atoms with Crippen molar-refractivity contribution in [3.8, 4) is 5.75 Å². The molecule has 40 heavy (non-hydrogen) atoms. The first-order valence-corrected chi connectivity index (χ1v) is 14.5. The fourth-order valence-electron chi connectivity index (χ4n) is 5.91. The second-order valence-electron chi connectivity index (χ2n) is 11.9. The molecule has 2 atom stereocenters. The number of benzene rings is 1. The lowest BCUT2D eigenvalue weighted by molar-refractivity contribution is -0.143. The van der Waals surface area contributed by atoms with E-state index in [1.54, 1.807) is 11.8 Å². The van der Waals surface area contributed by atoms with E-state index in [2.05, 4.69) is 11.4 Å². The van der Waals surface area contributed by atoms with Gasteiger partial charge in [0.2, 0.25) is 5.91 Å². The first kappa shape index (κ1) is 30.1. The smallest absolute Gasteiger partial charge is 0.410 e. The fourth-order valence-corrected chi connectivity index (χ4v) is 5.91. The molecule has 0 radical (unpaired) electrons. The van der Waals surface area contributed by atoms with Gasteiger partial charge in [-0.15, -0.1) is 0 Å². The number of likely N-dealkylation sites (tertiary alicyclic amines) is 1. The lowest BCUT2D eigenvalue weighted by Gasteiger charge is -2.41. The molecule has 1 spiro atoms. The molecular weight excluding hydrogens is 516 g/mol. The van der Waals surface area contributed by atoms with Crippen LogP contribution in [0.1, 0.15) is 77.7 Å². The predicted molar refractivity (Wildman–Crippen MR) is 147 cm³/mol. The molecule has 10 nitrogen and oxygen atoms in total. The summed E-state index contributed by atoms with van der Waals surface area (Å²) < 4.78 is 28.7. The van der Waals surface area contributed by atoms with Gasteiger partial charge in [-0.05, 0) is 77.3 Å². The Balaban J connectivity index is 1.34. The van der Waals surface area contributed by atoms with Crippen molar-refractivity contribution in [3.05, 3.63) is 29.8 Å².